The van der Waals surface area contributed by atoms with E-state index in [2.05, 4.69) is 117 Å². The molecule has 0 radical (unpaired) electrons. The molecule has 5 aromatic rings. The van der Waals surface area contributed by atoms with Crippen LogP contribution in [0.2, 0.25) is 0 Å². The SMILES string of the molecule is Cc1cc2c3c(c1)N(c1ccc(C45CC(C[C@@H](C)C4)C[C@H](C)C5)cc1)c1ccc(C45CC(C[C@@H](C)C4)C[C@H](C)C5)cc1B3n1nnc3cccc-2c31. The Kier molecular flexibility index (Phi) is 6.75. The van der Waals surface area contributed by atoms with E-state index in [0.717, 1.165) is 41.0 Å². The van der Waals surface area contributed by atoms with Crippen LogP contribution in [0.4, 0.5) is 17.1 Å². The van der Waals surface area contributed by atoms with Crippen LogP contribution in [0.25, 0.3) is 22.2 Å². The number of nitrogens with zero attached hydrogens (tertiary/aromatic N) is 4. The van der Waals surface area contributed by atoms with E-state index in [4.69, 9.17) is 10.3 Å². The molecule has 4 aromatic carbocycles. The van der Waals surface area contributed by atoms with Gasteiger partial charge in [-0.1, -0.05) is 75.4 Å². The van der Waals surface area contributed by atoms with Gasteiger partial charge >= 0.3 is 6.85 Å². The zero-order chi connectivity index (χ0) is 35.1. The average Bonchev–Trinajstić information content (AvgIpc) is 3.53. The molecule has 4 aliphatic carbocycles. The Bertz CT molecular complexity index is 2210. The van der Waals surface area contributed by atoms with Crippen molar-refractivity contribution in [3.8, 4) is 11.1 Å². The number of benzene rings is 4. The molecule has 4 nitrogen and oxygen atoms in total. The zero-order valence-electron chi connectivity index (χ0n) is 31.8. The first-order chi connectivity index (χ1) is 25.2. The summed E-state index contributed by atoms with van der Waals surface area (Å²) in [5, 5.41) is 9.72. The minimum Gasteiger partial charge on any atom is -0.311 e. The maximum atomic E-state index is 4.95. The molecule has 11 rings (SSSR count). The van der Waals surface area contributed by atoms with Crippen molar-refractivity contribution in [2.24, 2.45) is 35.5 Å². The predicted molar refractivity (Wildman–Crippen MR) is 216 cm³/mol. The zero-order valence-corrected chi connectivity index (χ0v) is 31.8. The van der Waals surface area contributed by atoms with Gasteiger partial charge in [0.25, 0.3) is 0 Å². The second-order valence-electron chi connectivity index (χ2n) is 19.4. The number of para-hydroxylation sites is 1. The molecule has 264 valence electrons. The van der Waals surface area contributed by atoms with Gasteiger partial charge in [0.05, 0.1) is 5.52 Å². The molecule has 2 aliphatic heterocycles. The summed E-state index contributed by atoms with van der Waals surface area (Å²) < 4.78 is 2.27. The quantitative estimate of drug-likeness (QED) is 0.174. The van der Waals surface area contributed by atoms with Gasteiger partial charge in [-0.3, -0.25) is 4.59 Å². The summed E-state index contributed by atoms with van der Waals surface area (Å²) in [6.07, 6.45) is 13.6. The van der Waals surface area contributed by atoms with E-state index in [1.807, 2.05) is 0 Å². The smallest absolute Gasteiger partial charge is 0.311 e. The monoisotopic (exact) mass is 684 g/mol. The van der Waals surface area contributed by atoms with Gasteiger partial charge in [-0.05, 0) is 181 Å². The lowest BCUT2D eigenvalue weighted by molar-refractivity contribution is 0.0779. The fraction of sp³-hybridized carbons (Fsp3) is 0.489. The first kappa shape index (κ1) is 31.7. The number of aryl methyl sites for hydroxylation is 1. The summed E-state index contributed by atoms with van der Waals surface area (Å²) in [5.41, 5.74) is 16.4. The third-order valence-corrected chi connectivity index (χ3v) is 15.0. The fourth-order valence-corrected chi connectivity index (χ4v) is 14.1. The van der Waals surface area contributed by atoms with E-state index >= 15 is 0 Å². The molecule has 3 heterocycles. The number of hydrogen-bond donors (Lipinski definition) is 0. The minimum atomic E-state index is -0.00604. The molecule has 0 saturated heterocycles. The highest BCUT2D eigenvalue weighted by atomic mass is 15.4. The summed E-state index contributed by atoms with van der Waals surface area (Å²) >= 11 is 0. The molecule has 5 heteroatoms. The van der Waals surface area contributed by atoms with Crippen LogP contribution in [0, 0.1) is 42.4 Å². The Morgan fingerprint density at radius 3 is 1.90 bits per heavy atom. The van der Waals surface area contributed by atoms with Crippen LogP contribution >= 0.6 is 0 Å². The first-order valence-electron chi connectivity index (χ1n) is 20.7. The lowest BCUT2D eigenvalue weighted by Crippen LogP contribution is -2.57. The third-order valence-electron chi connectivity index (χ3n) is 15.0. The van der Waals surface area contributed by atoms with Crippen molar-refractivity contribution in [3.05, 3.63) is 89.5 Å². The topological polar surface area (TPSA) is 34.0 Å². The van der Waals surface area contributed by atoms with E-state index in [1.165, 1.54) is 114 Å². The number of aromatic nitrogens is 3. The largest absolute Gasteiger partial charge is 0.356 e. The Morgan fingerprint density at radius 1 is 0.635 bits per heavy atom. The normalized spacial score (nSPS) is 32.8. The molecule has 4 fully saturated rings. The summed E-state index contributed by atoms with van der Waals surface area (Å²) in [7, 11) is 0. The molecule has 1 aromatic heterocycles. The summed E-state index contributed by atoms with van der Waals surface area (Å²) in [6.45, 7) is 12.3. The molecule has 0 N–H and O–H groups in total. The molecule has 4 bridgehead atoms. The summed E-state index contributed by atoms with van der Waals surface area (Å²) in [6, 6.07) is 29.1. The highest BCUT2D eigenvalue weighted by molar-refractivity contribution is 6.89. The Balaban J connectivity index is 1.11. The second kappa shape index (κ2) is 11.1. The molecule has 0 amide bonds. The second-order valence-corrected chi connectivity index (χ2v) is 19.4. The number of anilines is 3. The van der Waals surface area contributed by atoms with Crippen molar-refractivity contribution in [1.29, 1.82) is 0 Å². The van der Waals surface area contributed by atoms with Gasteiger partial charge in [0.1, 0.15) is 5.52 Å². The van der Waals surface area contributed by atoms with E-state index in [0.29, 0.717) is 5.41 Å². The third kappa shape index (κ3) is 4.53. The minimum absolute atomic E-state index is 0.00604. The van der Waals surface area contributed by atoms with Gasteiger partial charge in [0.2, 0.25) is 0 Å². The lowest BCUT2D eigenvalue weighted by atomic mass is 9.44. The van der Waals surface area contributed by atoms with Gasteiger partial charge in [-0.15, -0.1) is 5.10 Å². The molecular formula is C47H53BN4. The maximum absolute atomic E-state index is 4.95. The highest BCUT2D eigenvalue weighted by Gasteiger charge is 2.49. The Morgan fingerprint density at radius 2 is 1.25 bits per heavy atom. The number of hydrogen-bond acceptors (Lipinski definition) is 3. The number of fused-ring (bicyclic) bond motifs is 8. The van der Waals surface area contributed by atoms with Crippen molar-refractivity contribution in [2.75, 3.05) is 4.90 Å². The van der Waals surface area contributed by atoms with E-state index < -0.39 is 0 Å². The van der Waals surface area contributed by atoms with Crippen LogP contribution in [-0.2, 0) is 10.8 Å². The van der Waals surface area contributed by atoms with E-state index in [9.17, 15) is 0 Å². The van der Waals surface area contributed by atoms with Crippen LogP contribution in [0.5, 0.6) is 0 Å². The van der Waals surface area contributed by atoms with Crippen LogP contribution < -0.4 is 15.8 Å². The molecule has 8 atom stereocenters. The summed E-state index contributed by atoms with van der Waals surface area (Å²) in [4.78, 5) is 2.61. The van der Waals surface area contributed by atoms with Crippen molar-refractivity contribution in [2.45, 2.75) is 110 Å². The predicted octanol–water partition coefficient (Wildman–Crippen LogP) is 10.4. The molecule has 6 aliphatic rings. The van der Waals surface area contributed by atoms with Crippen molar-refractivity contribution < 1.29 is 0 Å². The first-order valence-corrected chi connectivity index (χ1v) is 20.7. The van der Waals surface area contributed by atoms with E-state index in [1.54, 1.807) is 11.1 Å². The standard InChI is InChI=1S/C47H53BN4/c1-28-19-39-38-7-6-8-41-45(38)52(50-49-41)48-40-21-36(47-24-31(4)17-34(27-47)18-32(5)25-47)11-14-42(40)51(43(20-28)44(39)48)37-12-9-35(10-13-37)46-22-29(2)15-33(26-46)16-30(3)23-46/h6-14,19-21,29-34H,15-18,22-27H2,1-5H3/t29-,30+,31-,32+,33?,34?,46?,47?. The average molecular weight is 685 g/mol. The molecule has 4 unspecified atom stereocenters. The van der Waals surface area contributed by atoms with Crippen LogP contribution in [-0.4, -0.2) is 21.8 Å². The van der Waals surface area contributed by atoms with Crippen LogP contribution in [0.1, 0.15) is 109 Å². The van der Waals surface area contributed by atoms with Crippen LogP contribution in [0.15, 0.2) is 72.8 Å². The fourth-order valence-electron chi connectivity index (χ4n) is 14.1. The van der Waals surface area contributed by atoms with Crippen LogP contribution in [0.3, 0.4) is 0 Å². The van der Waals surface area contributed by atoms with Gasteiger partial charge in [0, 0.05) is 22.6 Å². The van der Waals surface area contributed by atoms with Gasteiger partial charge in [-0.2, -0.15) is 0 Å². The van der Waals surface area contributed by atoms with E-state index in [-0.39, 0.29) is 12.3 Å². The van der Waals surface area contributed by atoms with Gasteiger partial charge < -0.3 is 4.90 Å². The van der Waals surface area contributed by atoms with Crippen molar-refractivity contribution >= 4 is 45.9 Å². The van der Waals surface area contributed by atoms with Crippen molar-refractivity contribution in [1.82, 2.24) is 14.9 Å². The molecular weight excluding hydrogens is 631 g/mol. The Hall–Kier alpha value is -3.86. The van der Waals surface area contributed by atoms with Gasteiger partial charge in [0.15, 0.2) is 0 Å². The number of rotatable bonds is 3. The van der Waals surface area contributed by atoms with Gasteiger partial charge in [-0.25, -0.2) is 0 Å². The van der Waals surface area contributed by atoms with Crippen molar-refractivity contribution in [3.63, 3.8) is 0 Å². The Labute approximate surface area is 310 Å². The molecule has 4 saturated carbocycles. The maximum Gasteiger partial charge on any atom is 0.356 e. The lowest BCUT2D eigenvalue weighted by Gasteiger charge is -2.51. The molecule has 52 heavy (non-hydrogen) atoms. The summed E-state index contributed by atoms with van der Waals surface area (Å²) in [5.74, 6) is 4.90. The molecule has 0 spiro atoms. The highest BCUT2D eigenvalue weighted by Crippen LogP contribution is 2.56.